The number of unbranched alkanes of at least 4 members (excludes halogenated alkanes) is 3. The molecule has 0 fully saturated rings. The minimum absolute atomic E-state index is 0.302. The van der Waals surface area contributed by atoms with Crippen molar-refractivity contribution in [1.82, 2.24) is 0 Å². The Morgan fingerprint density at radius 3 is 2.50 bits per heavy atom. The molecule has 0 aliphatic rings. The number of hydrogen-bond acceptors (Lipinski definition) is 1. The monoisotopic (exact) mass is 218 g/mol. The summed E-state index contributed by atoms with van der Waals surface area (Å²) < 4.78 is 0. The molecule has 1 unspecified atom stereocenters. The topological polar surface area (TPSA) is 20.2 Å². The molecule has 1 nitrogen and oxygen atoms in total. The lowest BCUT2D eigenvalue weighted by Crippen LogP contribution is -1.97. The standard InChI is InChI=1S/C15H22O/c1-3-4-5-6-7-8-15(16)14-11-9-13(2)10-12-14/h3,9-12,15-16H,1,4-8H2,2H3. The van der Waals surface area contributed by atoms with E-state index in [-0.39, 0.29) is 6.10 Å². The van der Waals surface area contributed by atoms with Crippen LogP contribution in [0.2, 0.25) is 0 Å². The molecule has 1 heteroatoms. The van der Waals surface area contributed by atoms with E-state index in [0.717, 1.165) is 24.8 Å². The molecule has 0 bridgehead atoms. The SMILES string of the molecule is C=CCCCCCC(O)c1ccc(C)cc1. The zero-order valence-corrected chi connectivity index (χ0v) is 10.2. The maximum atomic E-state index is 9.95. The number of aliphatic hydroxyl groups is 1. The number of allylic oxidation sites excluding steroid dienone is 1. The molecule has 0 aliphatic carbocycles. The molecule has 1 aromatic rings. The molecule has 0 aromatic heterocycles. The van der Waals surface area contributed by atoms with E-state index >= 15 is 0 Å². The summed E-state index contributed by atoms with van der Waals surface area (Å²) >= 11 is 0. The molecule has 0 heterocycles. The van der Waals surface area contributed by atoms with Crippen molar-refractivity contribution in [3.63, 3.8) is 0 Å². The van der Waals surface area contributed by atoms with Crippen LogP contribution in [0.5, 0.6) is 0 Å². The van der Waals surface area contributed by atoms with Crippen LogP contribution >= 0.6 is 0 Å². The highest BCUT2D eigenvalue weighted by molar-refractivity contribution is 5.22. The van der Waals surface area contributed by atoms with E-state index in [9.17, 15) is 5.11 Å². The van der Waals surface area contributed by atoms with Crippen molar-refractivity contribution >= 4 is 0 Å². The zero-order chi connectivity index (χ0) is 11.8. The van der Waals surface area contributed by atoms with Gasteiger partial charge in [0.15, 0.2) is 0 Å². The van der Waals surface area contributed by atoms with Gasteiger partial charge in [-0.2, -0.15) is 0 Å². The molecule has 1 N–H and O–H groups in total. The van der Waals surface area contributed by atoms with Crippen molar-refractivity contribution in [1.29, 1.82) is 0 Å². The van der Waals surface area contributed by atoms with Crippen molar-refractivity contribution in [3.8, 4) is 0 Å². The molecule has 0 spiro atoms. The van der Waals surface area contributed by atoms with Crippen LogP contribution in [-0.2, 0) is 0 Å². The smallest absolute Gasteiger partial charge is 0.0790 e. The van der Waals surface area contributed by atoms with E-state index in [1.807, 2.05) is 18.2 Å². The second-order valence-corrected chi connectivity index (χ2v) is 4.35. The summed E-state index contributed by atoms with van der Waals surface area (Å²) in [4.78, 5) is 0. The van der Waals surface area contributed by atoms with Crippen LogP contribution in [0.1, 0.15) is 49.3 Å². The normalized spacial score (nSPS) is 12.4. The molecule has 88 valence electrons. The first-order valence-electron chi connectivity index (χ1n) is 6.09. The van der Waals surface area contributed by atoms with Gasteiger partial charge in [-0.05, 0) is 31.7 Å². The molecule has 0 radical (unpaired) electrons. The molecule has 0 saturated carbocycles. The second kappa shape index (κ2) is 7.24. The van der Waals surface area contributed by atoms with Gasteiger partial charge in [-0.25, -0.2) is 0 Å². The van der Waals surface area contributed by atoms with Crippen LogP contribution in [0.15, 0.2) is 36.9 Å². The summed E-state index contributed by atoms with van der Waals surface area (Å²) in [6.45, 7) is 5.76. The molecular weight excluding hydrogens is 196 g/mol. The van der Waals surface area contributed by atoms with E-state index in [4.69, 9.17) is 0 Å². The summed E-state index contributed by atoms with van der Waals surface area (Å²) in [6, 6.07) is 8.14. The Morgan fingerprint density at radius 1 is 1.19 bits per heavy atom. The molecule has 1 rings (SSSR count). The van der Waals surface area contributed by atoms with Crippen molar-refractivity contribution < 1.29 is 5.11 Å². The van der Waals surface area contributed by atoms with E-state index < -0.39 is 0 Å². The van der Waals surface area contributed by atoms with Crippen LogP contribution in [0.4, 0.5) is 0 Å². The number of rotatable bonds is 7. The Morgan fingerprint density at radius 2 is 1.88 bits per heavy atom. The zero-order valence-electron chi connectivity index (χ0n) is 10.2. The van der Waals surface area contributed by atoms with Gasteiger partial charge in [0.2, 0.25) is 0 Å². The van der Waals surface area contributed by atoms with Crippen LogP contribution in [-0.4, -0.2) is 5.11 Å². The maximum Gasteiger partial charge on any atom is 0.0790 e. The van der Waals surface area contributed by atoms with Gasteiger partial charge >= 0.3 is 0 Å². The third kappa shape index (κ3) is 4.63. The van der Waals surface area contributed by atoms with Gasteiger partial charge in [-0.3, -0.25) is 0 Å². The fourth-order valence-electron chi connectivity index (χ4n) is 1.76. The summed E-state index contributed by atoms with van der Waals surface area (Å²) in [5.74, 6) is 0. The van der Waals surface area contributed by atoms with E-state index in [0.29, 0.717) is 0 Å². The van der Waals surface area contributed by atoms with Gasteiger partial charge in [0.05, 0.1) is 6.10 Å². The lowest BCUT2D eigenvalue weighted by molar-refractivity contribution is 0.163. The van der Waals surface area contributed by atoms with Gasteiger partial charge in [0.25, 0.3) is 0 Å². The molecule has 0 aliphatic heterocycles. The average molecular weight is 218 g/mol. The lowest BCUT2D eigenvalue weighted by Gasteiger charge is -2.10. The predicted octanol–water partition coefficient (Wildman–Crippen LogP) is 4.16. The van der Waals surface area contributed by atoms with Crippen molar-refractivity contribution in [3.05, 3.63) is 48.0 Å². The van der Waals surface area contributed by atoms with E-state index in [2.05, 4.69) is 25.6 Å². The fourth-order valence-corrected chi connectivity index (χ4v) is 1.76. The van der Waals surface area contributed by atoms with E-state index in [1.165, 1.54) is 18.4 Å². The minimum atomic E-state index is -0.302. The number of benzene rings is 1. The molecule has 0 amide bonds. The first-order valence-corrected chi connectivity index (χ1v) is 6.09. The third-order valence-corrected chi connectivity index (χ3v) is 2.85. The fraction of sp³-hybridized carbons (Fsp3) is 0.467. The number of aliphatic hydroxyl groups excluding tert-OH is 1. The van der Waals surface area contributed by atoms with Crippen molar-refractivity contribution in [2.24, 2.45) is 0 Å². The Kier molecular flexibility index (Phi) is 5.87. The maximum absolute atomic E-state index is 9.95. The highest BCUT2D eigenvalue weighted by Crippen LogP contribution is 2.20. The van der Waals surface area contributed by atoms with E-state index in [1.54, 1.807) is 0 Å². The highest BCUT2D eigenvalue weighted by Gasteiger charge is 2.05. The highest BCUT2D eigenvalue weighted by atomic mass is 16.3. The number of aryl methyl sites for hydroxylation is 1. The summed E-state index contributed by atoms with van der Waals surface area (Å²) in [5.41, 5.74) is 2.27. The Labute approximate surface area is 98.8 Å². The van der Waals surface area contributed by atoms with Crippen LogP contribution in [0, 0.1) is 6.92 Å². The predicted molar refractivity (Wildman–Crippen MR) is 69.4 cm³/mol. The second-order valence-electron chi connectivity index (χ2n) is 4.35. The minimum Gasteiger partial charge on any atom is -0.388 e. The van der Waals surface area contributed by atoms with Gasteiger partial charge in [0.1, 0.15) is 0 Å². The van der Waals surface area contributed by atoms with Crippen molar-refractivity contribution in [2.45, 2.75) is 45.1 Å². The lowest BCUT2D eigenvalue weighted by atomic mass is 10.0. The molecule has 1 atom stereocenters. The summed E-state index contributed by atoms with van der Waals surface area (Å²) in [6.07, 6.45) is 7.04. The average Bonchev–Trinajstić information content (AvgIpc) is 2.29. The Bertz CT molecular complexity index is 300. The quantitative estimate of drug-likeness (QED) is 0.538. The van der Waals surface area contributed by atoms with Crippen LogP contribution in [0.3, 0.4) is 0 Å². The molecule has 0 saturated heterocycles. The van der Waals surface area contributed by atoms with Crippen LogP contribution < -0.4 is 0 Å². The van der Waals surface area contributed by atoms with Crippen molar-refractivity contribution in [2.75, 3.05) is 0 Å². The van der Waals surface area contributed by atoms with Gasteiger partial charge in [-0.15, -0.1) is 6.58 Å². The first kappa shape index (κ1) is 13.0. The van der Waals surface area contributed by atoms with Gasteiger partial charge in [-0.1, -0.05) is 48.7 Å². The molecule has 1 aromatic carbocycles. The molecule has 16 heavy (non-hydrogen) atoms. The largest absolute Gasteiger partial charge is 0.388 e. The number of hydrogen-bond donors (Lipinski definition) is 1. The Balaban J connectivity index is 2.26. The Hall–Kier alpha value is -1.08. The van der Waals surface area contributed by atoms with Gasteiger partial charge in [0, 0.05) is 0 Å². The van der Waals surface area contributed by atoms with Crippen LogP contribution in [0.25, 0.3) is 0 Å². The first-order chi connectivity index (χ1) is 7.74. The summed E-state index contributed by atoms with van der Waals surface area (Å²) in [7, 11) is 0. The van der Waals surface area contributed by atoms with Gasteiger partial charge < -0.3 is 5.11 Å². The summed E-state index contributed by atoms with van der Waals surface area (Å²) in [5, 5.41) is 9.95. The third-order valence-electron chi connectivity index (χ3n) is 2.85. The molecular formula is C15H22O.